The first-order valence-corrected chi connectivity index (χ1v) is 5.85. The minimum absolute atomic E-state index is 0.0628. The number of carboxylic acid groups (broad SMARTS) is 2. The molecule has 0 fully saturated rings. The molecule has 0 amide bonds. The van der Waals surface area contributed by atoms with Crippen LogP contribution in [0.2, 0.25) is 0 Å². The number of rotatable bonds is 10. The normalized spacial score (nSPS) is 8.89. The predicted molar refractivity (Wildman–Crippen MR) is 64.3 cm³/mol. The fourth-order valence-corrected chi connectivity index (χ4v) is 1.01. The van der Waals surface area contributed by atoms with E-state index in [-0.39, 0.29) is 12.8 Å². The van der Waals surface area contributed by atoms with E-state index < -0.39 is 11.9 Å². The van der Waals surface area contributed by atoms with Crippen LogP contribution in [0.25, 0.3) is 0 Å². The molecule has 0 atom stereocenters. The first-order chi connectivity index (χ1) is 8.54. The number of carbonyl (C=O) groups excluding carboxylic acids is 2. The molecule has 0 radical (unpaired) electrons. The Hall–Kier alpha value is -1.72. The van der Waals surface area contributed by atoms with Gasteiger partial charge in [0.05, 0.1) is 0 Å². The molecule has 6 heteroatoms. The van der Waals surface area contributed by atoms with Crippen molar-refractivity contribution >= 4 is 24.5 Å². The molecular formula is C12H20O6. The Morgan fingerprint density at radius 3 is 1.28 bits per heavy atom. The first kappa shape index (κ1) is 18.6. The first-order valence-electron chi connectivity index (χ1n) is 5.85. The summed E-state index contributed by atoms with van der Waals surface area (Å²) in [6, 6.07) is 0. The quantitative estimate of drug-likeness (QED) is 0.456. The van der Waals surface area contributed by atoms with Crippen LogP contribution in [0.4, 0.5) is 0 Å². The van der Waals surface area contributed by atoms with Gasteiger partial charge in [-0.2, -0.15) is 0 Å². The van der Waals surface area contributed by atoms with Crippen LogP contribution < -0.4 is 0 Å². The summed E-state index contributed by atoms with van der Waals surface area (Å²) in [5.41, 5.74) is 0. The predicted octanol–water partition coefficient (Wildman–Crippen LogP) is 1.66. The highest BCUT2D eigenvalue weighted by Crippen LogP contribution is 1.98. The average molecular weight is 260 g/mol. The van der Waals surface area contributed by atoms with Gasteiger partial charge in [0.2, 0.25) is 0 Å². The van der Waals surface area contributed by atoms with Crippen LogP contribution in [-0.2, 0) is 19.2 Å². The molecule has 0 spiro atoms. The maximum absolute atomic E-state index is 9.90. The highest BCUT2D eigenvalue weighted by molar-refractivity contribution is 5.67. The molecule has 0 heterocycles. The average Bonchev–Trinajstić information content (AvgIpc) is 2.31. The Morgan fingerprint density at radius 1 is 0.722 bits per heavy atom. The second-order valence-electron chi connectivity index (χ2n) is 3.61. The molecule has 0 bridgehead atoms. The molecule has 0 saturated carbocycles. The molecule has 0 aliphatic heterocycles. The van der Waals surface area contributed by atoms with Crippen molar-refractivity contribution in [1.29, 1.82) is 0 Å². The number of carbonyl (C=O) groups is 4. The van der Waals surface area contributed by atoms with Crippen LogP contribution in [0, 0.1) is 0 Å². The number of unbranched alkanes of at least 4 members (excludes halogenated alkanes) is 4. The van der Waals surface area contributed by atoms with Gasteiger partial charge in [-0.25, -0.2) is 0 Å². The van der Waals surface area contributed by atoms with E-state index in [0.717, 1.165) is 25.4 Å². The van der Waals surface area contributed by atoms with Crippen molar-refractivity contribution in [3.05, 3.63) is 0 Å². The van der Waals surface area contributed by atoms with E-state index in [2.05, 4.69) is 0 Å². The van der Waals surface area contributed by atoms with Gasteiger partial charge in [0, 0.05) is 25.7 Å². The molecule has 0 aromatic carbocycles. The van der Waals surface area contributed by atoms with Gasteiger partial charge in [-0.1, -0.05) is 0 Å². The fraction of sp³-hybridized carbons (Fsp3) is 0.667. The van der Waals surface area contributed by atoms with Crippen molar-refractivity contribution < 1.29 is 29.4 Å². The van der Waals surface area contributed by atoms with Crippen LogP contribution in [0.15, 0.2) is 0 Å². The highest BCUT2D eigenvalue weighted by Gasteiger charge is 1.99. The van der Waals surface area contributed by atoms with Crippen LogP contribution in [0.3, 0.4) is 0 Å². The summed E-state index contributed by atoms with van der Waals surface area (Å²) in [5.74, 6) is -1.74. The third kappa shape index (κ3) is 23.8. The molecule has 0 aliphatic rings. The van der Waals surface area contributed by atoms with Gasteiger partial charge < -0.3 is 19.8 Å². The summed E-state index contributed by atoms with van der Waals surface area (Å²) in [7, 11) is 0. The summed E-state index contributed by atoms with van der Waals surface area (Å²) >= 11 is 0. The second-order valence-corrected chi connectivity index (χ2v) is 3.61. The Balaban J connectivity index is 0. The van der Waals surface area contributed by atoms with Crippen LogP contribution in [0.1, 0.15) is 51.4 Å². The molecule has 0 aromatic rings. The molecule has 6 nitrogen and oxygen atoms in total. The van der Waals surface area contributed by atoms with Gasteiger partial charge in [-0.05, 0) is 25.7 Å². The van der Waals surface area contributed by atoms with Crippen LogP contribution in [0.5, 0.6) is 0 Å². The Bertz CT molecular complexity index is 223. The molecule has 0 saturated heterocycles. The topological polar surface area (TPSA) is 109 Å². The third-order valence-electron chi connectivity index (χ3n) is 1.93. The number of carboxylic acids is 2. The number of aliphatic carboxylic acids is 2. The molecule has 0 unspecified atom stereocenters. The van der Waals surface area contributed by atoms with E-state index in [1.807, 2.05) is 0 Å². The van der Waals surface area contributed by atoms with Crippen molar-refractivity contribution in [2.24, 2.45) is 0 Å². The van der Waals surface area contributed by atoms with E-state index in [1.54, 1.807) is 0 Å². The van der Waals surface area contributed by atoms with Crippen molar-refractivity contribution in [2.75, 3.05) is 0 Å². The SMILES string of the molecule is O=C(O)CCCCC(=O)O.O=CCCCCC=O. The van der Waals surface area contributed by atoms with Gasteiger partial charge in [0.15, 0.2) is 0 Å². The molecule has 0 rings (SSSR count). The molecule has 0 aromatic heterocycles. The summed E-state index contributed by atoms with van der Waals surface area (Å²) in [4.78, 5) is 39.2. The minimum Gasteiger partial charge on any atom is -0.481 e. The minimum atomic E-state index is -0.870. The standard InChI is InChI=1S/C6H10O4.C6H10O2/c7-5(8)3-1-2-4-6(9)10;7-5-3-1-2-4-6-8/h1-4H2,(H,7,8)(H,9,10);5-6H,1-4H2. The van der Waals surface area contributed by atoms with E-state index in [0.29, 0.717) is 25.7 Å². The summed E-state index contributed by atoms with van der Waals surface area (Å²) in [5, 5.41) is 16.3. The van der Waals surface area contributed by atoms with Crippen molar-refractivity contribution in [1.82, 2.24) is 0 Å². The van der Waals surface area contributed by atoms with Gasteiger partial charge >= 0.3 is 11.9 Å². The van der Waals surface area contributed by atoms with Crippen molar-refractivity contribution in [3.8, 4) is 0 Å². The van der Waals surface area contributed by atoms with E-state index in [4.69, 9.17) is 10.2 Å². The maximum Gasteiger partial charge on any atom is 0.303 e. The smallest absolute Gasteiger partial charge is 0.303 e. The molecule has 2 N–H and O–H groups in total. The Kier molecular flexibility index (Phi) is 15.8. The zero-order valence-electron chi connectivity index (χ0n) is 10.3. The Labute approximate surface area is 106 Å². The zero-order chi connectivity index (χ0) is 14.2. The van der Waals surface area contributed by atoms with Gasteiger partial charge in [-0.3, -0.25) is 9.59 Å². The van der Waals surface area contributed by atoms with Crippen LogP contribution >= 0.6 is 0 Å². The van der Waals surface area contributed by atoms with Gasteiger partial charge in [-0.15, -0.1) is 0 Å². The zero-order valence-corrected chi connectivity index (χ0v) is 10.3. The lowest BCUT2D eigenvalue weighted by molar-refractivity contribution is -0.139. The van der Waals surface area contributed by atoms with E-state index in [9.17, 15) is 19.2 Å². The fourth-order valence-electron chi connectivity index (χ4n) is 1.01. The third-order valence-corrected chi connectivity index (χ3v) is 1.93. The lowest BCUT2D eigenvalue weighted by Crippen LogP contribution is -1.97. The molecular weight excluding hydrogens is 240 g/mol. The summed E-state index contributed by atoms with van der Waals surface area (Å²) in [6.07, 6.45) is 5.66. The summed E-state index contributed by atoms with van der Waals surface area (Å²) < 4.78 is 0. The van der Waals surface area contributed by atoms with Gasteiger partial charge in [0.1, 0.15) is 12.6 Å². The Morgan fingerprint density at radius 2 is 1.06 bits per heavy atom. The molecule has 104 valence electrons. The lowest BCUT2D eigenvalue weighted by atomic mass is 10.2. The molecule has 18 heavy (non-hydrogen) atoms. The second kappa shape index (κ2) is 15.3. The van der Waals surface area contributed by atoms with E-state index in [1.165, 1.54) is 0 Å². The molecule has 0 aliphatic carbocycles. The largest absolute Gasteiger partial charge is 0.481 e. The number of aldehydes is 2. The number of hydrogen-bond donors (Lipinski definition) is 2. The van der Waals surface area contributed by atoms with E-state index >= 15 is 0 Å². The maximum atomic E-state index is 9.90. The number of hydrogen-bond acceptors (Lipinski definition) is 4. The van der Waals surface area contributed by atoms with Gasteiger partial charge in [0.25, 0.3) is 0 Å². The van der Waals surface area contributed by atoms with Crippen molar-refractivity contribution in [3.63, 3.8) is 0 Å². The summed E-state index contributed by atoms with van der Waals surface area (Å²) in [6.45, 7) is 0. The van der Waals surface area contributed by atoms with Crippen molar-refractivity contribution in [2.45, 2.75) is 51.4 Å². The van der Waals surface area contributed by atoms with Crippen LogP contribution in [-0.4, -0.2) is 34.7 Å². The monoisotopic (exact) mass is 260 g/mol. The highest BCUT2D eigenvalue weighted by atomic mass is 16.4. The lowest BCUT2D eigenvalue weighted by Gasteiger charge is -1.92.